The minimum atomic E-state index is -0.104. The number of rotatable bonds is 4. The Balaban J connectivity index is 1.55. The van der Waals surface area contributed by atoms with E-state index in [0.29, 0.717) is 24.3 Å². The van der Waals surface area contributed by atoms with E-state index in [4.69, 9.17) is 0 Å². The Morgan fingerprint density at radius 1 is 1.47 bits per heavy atom. The first-order valence-corrected chi connectivity index (χ1v) is 7.18. The van der Waals surface area contributed by atoms with Gasteiger partial charge in [-0.3, -0.25) is 9.59 Å². The first-order valence-electron chi connectivity index (χ1n) is 6.19. The van der Waals surface area contributed by atoms with Crippen LogP contribution in [-0.4, -0.2) is 62.3 Å². The number of carbonyl (C=O) groups excluding carboxylic acids is 2. The van der Waals surface area contributed by atoms with Crippen molar-refractivity contribution in [3.8, 4) is 0 Å². The second-order valence-corrected chi connectivity index (χ2v) is 5.53. The Hall–Kier alpha value is -1.64. The first kappa shape index (κ1) is 12.4. The van der Waals surface area contributed by atoms with Crippen LogP contribution in [0, 0.1) is 0 Å². The minimum Gasteiger partial charge on any atom is -0.353 e. The zero-order valence-electron chi connectivity index (χ0n) is 10.3. The Morgan fingerprint density at radius 3 is 3.05 bits per heavy atom. The van der Waals surface area contributed by atoms with Gasteiger partial charge < -0.3 is 10.2 Å². The highest BCUT2D eigenvalue weighted by Gasteiger charge is 2.28. The number of thioether (sulfide) groups is 1. The number of carbonyl (C=O) groups is 2. The predicted octanol–water partition coefficient (Wildman–Crippen LogP) is -0.941. The highest BCUT2D eigenvalue weighted by Crippen LogP contribution is 2.36. The summed E-state index contributed by atoms with van der Waals surface area (Å²) < 4.78 is 1.78. The molecule has 1 N–H and O–H groups in total. The summed E-state index contributed by atoms with van der Waals surface area (Å²) >= 11 is 1.33. The van der Waals surface area contributed by atoms with Crippen molar-refractivity contribution < 1.29 is 9.59 Å². The van der Waals surface area contributed by atoms with Gasteiger partial charge in [0.2, 0.25) is 17.0 Å². The van der Waals surface area contributed by atoms with Crippen molar-refractivity contribution in [2.24, 2.45) is 0 Å². The van der Waals surface area contributed by atoms with Gasteiger partial charge in [0.25, 0.3) is 0 Å². The van der Waals surface area contributed by atoms with E-state index < -0.39 is 0 Å². The van der Waals surface area contributed by atoms with Gasteiger partial charge >= 0.3 is 0 Å². The lowest BCUT2D eigenvalue weighted by molar-refractivity contribution is -0.136. The van der Waals surface area contributed by atoms with Crippen molar-refractivity contribution in [1.29, 1.82) is 0 Å². The van der Waals surface area contributed by atoms with Gasteiger partial charge in [-0.2, -0.15) is 0 Å². The molecular weight excluding hydrogens is 268 g/mol. The standard InChI is InChI=1S/C10H14N6O2S/c17-8-5-15(4-3-11-8)9(18)6-19-10-12-13-14-16(10)7-1-2-7/h7H,1-6H2,(H,11,17). The number of hydrogen-bond acceptors (Lipinski definition) is 6. The number of hydrogen-bond donors (Lipinski definition) is 1. The molecule has 0 bridgehead atoms. The van der Waals surface area contributed by atoms with Crippen molar-refractivity contribution in [2.75, 3.05) is 25.4 Å². The molecule has 1 aromatic rings. The average Bonchev–Trinajstić information content (AvgIpc) is 3.15. The van der Waals surface area contributed by atoms with E-state index in [1.807, 2.05) is 0 Å². The number of tetrazole rings is 1. The lowest BCUT2D eigenvalue weighted by Crippen LogP contribution is -2.50. The second kappa shape index (κ2) is 5.16. The Labute approximate surface area is 113 Å². The average molecular weight is 282 g/mol. The van der Waals surface area contributed by atoms with E-state index in [-0.39, 0.29) is 24.1 Å². The van der Waals surface area contributed by atoms with Gasteiger partial charge in [-0.25, -0.2) is 4.68 Å². The van der Waals surface area contributed by atoms with Gasteiger partial charge in [0.1, 0.15) is 0 Å². The summed E-state index contributed by atoms with van der Waals surface area (Å²) in [6.07, 6.45) is 2.19. The molecule has 1 aliphatic heterocycles. The molecule has 8 nitrogen and oxygen atoms in total. The molecule has 1 aliphatic carbocycles. The van der Waals surface area contributed by atoms with E-state index in [2.05, 4.69) is 20.8 Å². The molecule has 2 aliphatic rings. The minimum absolute atomic E-state index is 0.0507. The van der Waals surface area contributed by atoms with Crippen LogP contribution in [0.2, 0.25) is 0 Å². The molecule has 0 atom stereocenters. The fourth-order valence-electron chi connectivity index (χ4n) is 1.90. The normalized spacial score (nSPS) is 19.4. The molecule has 0 radical (unpaired) electrons. The number of nitrogens with one attached hydrogen (secondary N) is 1. The molecule has 1 aromatic heterocycles. The van der Waals surface area contributed by atoms with Crippen LogP contribution >= 0.6 is 11.8 Å². The SMILES string of the molecule is O=C1CN(C(=O)CSc2nnnn2C2CC2)CCN1. The zero-order chi connectivity index (χ0) is 13.2. The third-order valence-corrected chi connectivity index (χ3v) is 3.99. The van der Waals surface area contributed by atoms with Crippen molar-refractivity contribution in [1.82, 2.24) is 30.4 Å². The van der Waals surface area contributed by atoms with Gasteiger partial charge in [-0.05, 0) is 23.3 Å². The summed E-state index contributed by atoms with van der Waals surface area (Å²) in [6, 6.07) is 0.397. The molecule has 0 spiro atoms. The largest absolute Gasteiger partial charge is 0.353 e. The van der Waals surface area contributed by atoms with Crippen LogP contribution < -0.4 is 5.32 Å². The lowest BCUT2D eigenvalue weighted by Gasteiger charge is -2.26. The summed E-state index contributed by atoms with van der Waals surface area (Å²) in [4.78, 5) is 24.8. The molecule has 0 aromatic carbocycles. The fraction of sp³-hybridized carbons (Fsp3) is 0.700. The number of aromatic nitrogens is 4. The van der Waals surface area contributed by atoms with Gasteiger partial charge in [0.05, 0.1) is 18.3 Å². The molecule has 102 valence electrons. The van der Waals surface area contributed by atoms with Crippen LogP contribution in [0.15, 0.2) is 5.16 Å². The third kappa shape index (κ3) is 2.86. The number of piperazine rings is 1. The molecule has 9 heteroatoms. The third-order valence-electron chi connectivity index (χ3n) is 3.07. The predicted molar refractivity (Wildman–Crippen MR) is 66.4 cm³/mol. The van der Waals surface area contributed by atoms with Crippen molar-refractivity contribution in [2.45, 2.75) is 24.0 Å². The van der Waals surface area contributed by atoms with E-state index in [1.165, 1.54) is 11.8 Å². The van der Waals surface area contributed by atoms with E-state index in [0.717, 1.165) is 12.8 Å². The maximum absolute atomic E-state index is 12.0. The highest BCUT2D eigenvalue weighted by molar-refractivity contribution is 7.99. The number of nitrogens with zero attached hydrogens (tertiary/aromatic N) is 5. The maximum Gasteiger partial charge on any atom is 0.239 e. The Bertz CT molecular complexity index is 500. The molecule has 1 saturated carbocycles. The summed E-state index contributed by atoms with van der Waals surface area (Å²) in [6.45, 7) is 1.24. The van der Waals surface area contributed by atoms with Gasteiger partial charge in [-0.15, -0.1) is 5.10 Å². The van der Waals surface area contributed by atoms with Crippen molar-refractivity contribution >= 4 is 23.6 Å². The summed E-state index contributed by atoms with van der Waals surface area (Å²) in [7, 11) is 0. The second-order valence-electron chi connectivity index (χ2n) is 4.59. The topological polar surface area (TPSA) is 93.0 Å². The molecular formula is C10H14N6O2S. The lowest BCUT2D eigenvalue weighted by atomic mass is 10.3. The summed E-state index contributed by atoms with van der Waals surface area (Å²) in [5.41, 5.74) is 0. The van der Waals surface area contributed by atoms with Crippen LogP contribution in [0.25, 0.3) is 0 Å². The van der Waals surface area contributed by atoms with Crippen LogP contribution in [0.3, 0.4) is 0 Å². The molecule has 3 rings (SSSR count). The Kier molecular flexibility index (Phi) is 3.36. The van der Waals surface area contributed by atoms with Crippen LogP contribution in [0.4, 0.5) is 0 Å². The first-order chi connectivity index (χ1) is 9.24. The van der Waals surface area contributed by atoms with E-state index in [9.17, 15) is 9.59 Å². The smallest absolute Gasteiger partial charge is 0.239 e. The highest BCUT2D eigenvalue weighted by atomic mass is 32.2. The maximum atomic E-state index is 12.0. The van der Waals surface area contributed by atoms with Gasteiger partial charge in [0, 0.05) is 13.1 Å². The molecule has 19 heavy (non-hydrogen) atoms. The monoisotopic (exact) mass is 282 g/mol. The summed E-state index contributed by atoms with van der Waals surface area (Å²) in [5.74, 6) is 0.109. The number of amides is 2. The molecule has 2 fully saturated rings. The van der Waals surface area contributed by atoms with Crippen LogP contribution in [0.5, 0.6) is 0 Å². The summed E-state index contributed by atoms with van der Waals surface area (Å²) in [5, 5.41) is 14.9. The molecule has 2 heterocycles. The van der Waals surface area contributed by atoms with Crippen LogP contribution in [0.1, 0.15) is 18.9 Å². The van der Waals surface area contributed by atoms with Crippen LogP contribution in [-0.2, 0) is 9.59 Å². The van der Waals surface area contributed by atoms with E-state index in [1.54, 1.807) is 9.58 Å². The fourth-order valence-corrected chi connectivity index (χ4v) is 2.75. The van der Waals surface area contributed by atoms with Crippen molar-refractivity contribution in [3.63, 3.8) is 0 Å². The zero-order valence-corrected chi connectivity index (χ0v) is 11.1. The molecule has 2 amide bonds. The molecule has 1 saturated heterocycles. The Morgan fingerprint density at radius 2 is 2.32 bits per heavy atom. The molecule has 0 unspecified atom stereocenters. The quantitative estimate of drug-likeness (QED) is 0.716. The van der Waals surface area contributed by atoms with Crippen molar-refractivity contribution in [3.05, 3.63) is 0 Å². The van der Waals surface area contributed by atoms with E-state index >= 15 is 0 Å². The van der Waals surface area contributed by atoms with Gasteiger partial charge in [-0.1, -0.05) is 11.8 Å². The van der Waals surface area contributed by atoms with Gasteiger partial charge in [0.15, 0.2) is 0 Å².